The Hall–Kier alpha value is -1.84. The lowest BCUT2D eigenvalue weighted by atomic mass is 10.1. The van der Waals surface area contributed by atoms with Crippen LogP contribution in [0.15, 0.2) is 30.5 Å². The zero-order chi connectivity index (χ0) is 10.8. The van der Waals surface area contributed by atoms with Gasteiger partial charge in [-0.1, -0.05) is 12.1 Å². The van der Waals surface area contributed by atoms with E-state index in [-0.39, 0.29) is 5.82 Å². The second kappa shape index (κ2) is 3.73. The van der Waals surface area contributed by atoms with Crippen LogP contribution in [-0.2, 0) is 13.5 Å². The van der Waals surface area contributed by atoms with Crippen molar-refractivity contribution in [3.63, 3.8) is 0 Å². The Bertz CT molecular complexity index is 457. The third kappa shape index (κ3) is 1.98. The van der Waals surface area contributed by atoms with Gasteiger partial charge in [-0.3, -0.25) is 4.68 Å². The van der Waals surface area contributed by atoms with Gasteiger partial charge in [0.05, 0.1) is 17.6 Å². The summed E-state index contributed by atoms with van der Waals surface area (Å²) in [5.74, 6) is -0.228. The minimum Gasteiger partial charge on any atom is -0.396 e. The van der Waals surface area contributed by atoms with E-state index in [1.807, 2.05) is 13.1 Å². The van der Waals surface area contributed by atoms with Crippen molar-refractivity contribution in [1.82, 2.24) is 9.78 Å². The fourth-order valence-electron chi connectivity index (χ4n) is 1.54. The van der Waals surface area contributed by atoms with Gasteiger partial charge in [0.2, 0.25) is 0 Å². The van der Waals surface area contributed by atoms with Crippen LogP contribution in [0.2, 0.25) is 0 Å². The monoisotopic (exact) mass is 205 g/mol. The minimum atomic E-state index is -0.228. The number of hydrogen-bond donors (Lipinski definition) is 1. The average molecular weight is 205 g/mol. The number of benzene rings is 1. The topological polar surface area (TPSA) is 43.8 Å². The maximum Gasteiger partial charge on any atom is 0.123 e. The van der Waals surface area contributed by atoms with E-state index in [0.717, 1.165) is 11.3 Å². The van der Waals surface area contributed by atoms with Gasteiger partial charge < -0.3 is 5.73 Å². The first-order valence-corrected chi connectivity index (χ1v) is 4.67. The Labute approximate surface area is 87.3 Å². The van der Waals surface area contributed by atoms with Crippen molar-refractivity contribution in [1.29, 1.82) is 0 Å². The first-order valence-electron chi connectivity index (χ1n) is 4.67. The van der Waals surface area contributed by atoms with Crippen LogP contribution in [0.4, 0.5) is 10.1 Å². The van der Waals surface area contributed by atoms with Crippen molar-refractivity contribution in [2.45, 2.75) is 6.42 Å². The maximum atomic E-state index is 12.9. The molecule has 0 saturated heterocycles. The lowest BCUT2D eigenvalue weighted by Gasteiger charge is -2.03. The molecule has 2 N–H and O–H groups in total. The number of anilines is 1. The van der Waals surface area contributed by atoms with Gasteiger partial charge in [-0.2, -0.15) is 5.10 Å². The number of rotatable bonds is 2. The standard InChI is InChI=1S/C11H12FN3/c1-15-11(10(13)7-14-15)6-8-3-2-4-9(12)5-8/h2-5,7H,6,13H2,1H3. The Kier molecular flexibility index (Phi) is 2.41. The summed E-state index contributed by atoms with van der Waals surface area (Å²) in [5, 5.41) is 4.03. The van der Waals surface area contributed by atoms with Gasteiger partial charge in [0.25, 0.3) is 0 Å². The molecule has 3 nitrogen and oxygen atoms in total. The number of nitrogens with two attached hydrogens (primary N) is 1. The van der Waals surface area contributed by atoms with Crippen LogP contribution in [0.1, 0.15) is 11.3 Å². The third-order valence-electron chi connectivity index (χ3n) is 2.35. The predicted octanol–water partition coefficient (Wildman–Crippen LogP) is 1.73. The van der Waals surface area contributed by atoms with E-state index in [1.54, 1.807) is 16.9 Å². The molecule has 0 bridgehead atoms. The van der Waals surface area contributed by atoms with E-state index < -0.39 is 0 Å². The quantitative estimate of drug-likeness (QED) is 0.811. The van der Waals surface area contributed by atoms with Crippen LogP contribution in [0.25, 0.3) is 0 Å². The smallest absolute Gasteiger partial charge is 0.123 e. The zero-order valence-electron chi connectivity index (χ0n) is 8.44. The molecule has 0 atom stereocenters. The van der Waals surface area contributed by atoms with Crippen molar-refractivity contribution in [2.75, 3.05) is 5.73 Å². The molecule has 0 aliphatic carbocycles. The molecule has 1 aromatic carbocycles. The largest absolute Gasteiger partial charge is 0.396 e. The fourth-order valence-corrected chi connectivity index (χ4v) is 1.54. The van der Waals surface area contributed by atoms with Crippen molar-refractivity contribution in [3.05, 3.63) is 47.5 Å². The molecule has 0 radical (unpaired) electrons. The van der Waals surface area contributed by atoms with Crippen LogP contribution in [0.5, 0.6) is 0 Å². The number of aromatic nitrogens is 2. The van der Waals surface area contributed by atoms with E-state index >= 15 is 0 Å². The molecule has 0 aliphatic heterocycles. The molecule has 78 valence electrons. The highest BCUT2D eigenvalue weighted by Crippen LogP contribution is 2.15. The SMILES string of the molecule is Cn1ncc(N)c1Cc1cccc(F)c1. The first-order chi connectivity index (χ1) is 7.16. The molecule has 0 spiro atoms. The highest BCUT2D eigenvalue weighted by molar-refractivity contribution is 5.43. The molecule has 1 heterocycles. The van der Waals surface area contributed by atoms with Gasteiger partial charge in [0, 0.05) is 13.5 Å². The van der Waals surface area contributed by atoms with Crippen molar-refractivity contribution in [2.24, 2.45) is 7.05 Å². The molecule has 4 heteroatoms. The first kappa shape index (κ1) is 9.71. The van der Waals surface area contributed by atoms with Crippen molar-refractivity contribution < 1.29 is 4.39 Å². The van der Waals surface area contributed by atoms with E-state index in [2.05, 4.69) is 5.10 Å². The number of hydrogen-bond acceptors (Lipinski definition) is 2. The normalized spacial score (nSPS) is 10.5. The Morgan fingerprint density at radius 1 is 1.47 bits per heavy atom. The van der Waals surface area contributed by atoms with Gasteiger partial charge >= 0.3 is 0 Å². The number of nitrogen functional groups attached to an aromatic ring is 1. The second-order valence-corrected chi connectivity index (χ2v) is 3.48. The molecular weight excluding hydrogens is 193 g/mol. The molecule has 2 aromatic rings. The third-order valence-corrected chi connectivity index (χ3v) is 2.35. The van der Waals surface area contributed by atoms with Crippen LogP contribution in [0, 0.1) is 5.82 Å². The van der Waals surface area contributed by atoms with Crippen molar-refractivity contribution in [3.8, 4) is 0 Å². The van der Waals surface area contributed by atoms with Crippen LogP contribution >= 0.6 is 0 Å². The Morgan fingerprint density at radius 3 is 2.87 bits per heavy atom. The fraction of sp³-hybridized carbons (Fsp3) is 0.182. The zero-order valence-corrected chi connectivity index (χ0v) is 8.44. The molecule has 0 unspecified atom stereocenters. The summed E-state index contributed by atoms with van der Waals surface area (Å²) < 4.78 is 14.7. The molecule has 0 fully saturated rings. The van der Waals surface area contributed by atoms with Crippen LogP contribution in [0.3, 0.4) is 0 Å². The van der Waals surface area contributed by atoms with Gasteiger partial charge in [-0.15, -0.1) is 0 Å². The lowest BCUT2D eigenvalue weighted by Crippen LogP contribution is -2.01. The maximum absolute atomic E-state index is 12.9. The van der Waals surface area contributed by atoms with E-state index in [1.165, 1.54) is 12.1 Å². The predicted molar refractivity (Wildman–Crippen MR) is 56.8 cm³/mol. The van der Waals surface area contributed by atoms with Crippen LogP contribution < -0.4 is 5.73 Å². The number of halogens is 1. The van der Waals surface area contributed by atoms with Gasteiger partial charge in [-0.25, -0.2) is 4.39 Å². The average Bonchev–Trinajstić information content (AvgIpc) is 2.50. The summed E-state index contributed by atoms with van der Waals surface area (Å²) in [6, 6.07) is 6.50. The van der Waals surface area contributed by atoms with Crippen LogP contribution in [-0.4, -0.2) is 9.78 Å². The highest BCUT2D eigenvalue weighted by atomic mass is 19.1. The number of aryl methyl sites for hydroxylation is 1. The summed E-state index contributed by atoms with van der Waals surface area (Å²) in [6.07, 6.45) is 2.20. The van der Waals surface area contributed by atoms with Gasteiger partial charge in [-0.05, 0) is 17.7 Å². The van der Waals surface area contributed by atoms with E-state index in [4.69, 9.17) is 5.73 Å². The van der Waals surface area contributed by atoms with E-state index in [9.17, 15) is 4.39 Å². The van der Waals surface area contributed by atoms with E-state index in [0.29, 0.717) is 12.1 Å². The summed E-state index contributed by atoms with van der Waals surface area (Å²) in [6.45, 7) is 0. The molecule has 0 amide bonds. The lowest BCUT2D eigenvalue weighted by molar-refractivity contribution is 0.625. The highest BCUT2D eigenvalue weighted by Gasteiger charge is 2.06. The Morgan fingerprint density at radius 2 is 2.27 bits per heavy atom. The molecule has 15 heavy (non-hydrogen) atoms. The molecular formula is C11H12FN3. The molecule has 2 rings (SSSR count). The van der Waals surface area contributed by atoms with Gasteiger partial charge in [0.15, 0.2) is 0 Å². The summed E-state index contributed by atoms with van der Waals surface area (Å²) in [4.78, 5) is 0. The summed E-state index contributed by atoms with van der Waals surface area (Å²) >= 11 is 0. The minimum absolute atomic E-state index is 0.228. The number of nitrogens with zero attached hydrogens (tertiary/aromatic N) is 2. The molecule has 0 saturated carbocycles. The summed E-state index contributed by atoms with van der Waals surface area (Å²) in [5.41, 5.74) is 8.19. The Balaban J connectivity index is 2.29. The summed E-state index contributed by atoms with van der Waals surface area (Å²) in [7, 11) is 1.82. The molecule has 1 aromatic heterocycles. The van der Waals surface area contributed by atoms with Crippen molar-refractivity contribution >= 4 is 5.69 Å². The second-order valence-electron chi connectivity index (χ2n) is 3.48. The molecule has 0 aliphatic rings. The van der Waals surface area contributed by atoms with Gasteiger partial charge in [0.1, 0.15) is 5.82 Å².